The van der Waals surface area contributed by atoms with Crippen molar-refractivity contribution in [3.05, 3.63) is 0 Å². The minimum atomic E-state index is -0.0779. The molecule has 16 heavy (non-hydrogen) atoms. The smallest absolute Gasteiger partial charge is 0.0695 e. The van der Waals surface area contributed by atoms with Crippen molar-refractivity contribution in [2.45, 2.75) is 38.2 Å². The van der Waals surface area contributed by atoms with Crippen LogP contribution in [-0.2, 0) is 0 Å². The van der Waals surface area contributed by atoms with Gasteiger partial charge in [0.2, 0.25) is 0 Å². The fourth-order valence-electron chi connectivity index (χ4n) is 3.04. The molecule has 0 aromatic carbocycles. The highest BCUT2D eigenvalue weighted by atomic mass is 16.3. The fourth-order valence-corrected chi connectivity index (χ4v) is 3.04. The van der Waals surface area contributed by atoms with Gasteiger partial charge in [-0.3, -0.25) is 4.90 Å². The Balaban J connectivity index is 1.74. The van der Waals surface area contributed by atoms with Gasteiger partial charge in [-0.15, -0.1) is 0 Å². The first-order chi connectivity index (χ1) is 7.75. The van der Waals surface area contributed by atoms with Gasteiger partial charge >= 0.3 is 0 Å². The van der Waals surface area contributed by atoms with Gasteiger partial charge in [0.25, 0.3) is 0 Å². The van der Waals surface area contributed by atoms with Gasteiger partial charge in [-0.2, -0.15) is 0 Å². The van der Waals surface area contributed by atoms with Crippen LogP contribution in [0, 0.1) is 5.92 Å². The van der Waals surface area contributed by atoms with Crippen LogP contribution in [0.15, 0.2) is 0 Å². The van der Waals surface area contributed by atoms with E-state index in [1.54, 1.807) is 0 Å². The molecule has 2 rings (SSSR count). The van der Waals surface area contributed by atoms with Gasteiger partial charge in [0.1, 0.15) is 0 Å². The minimum Gasteiger partial charge on any atom is -0.392 e. The third-order valence-electron chi connectivity index (χ3n) is 4.20. The summed E-state index contributed by atoms with van der Waals surface area (Å²) in [6, 6.07) is 0. The predicted octanol–water partition coefficient (Wildman–Crippen LogP) is 1.17. The Morgan fingerprint density at radius 1 is 1.06 bits per heavy atom. The van der Waals surface area contributed by atoms with Crippen molar-refractivity contribution in [3.63, 3.8) is 0 Å². The van der Waals surface area contributed by atoms with Crippen LogP contribution in [-0.4, -0.2) is 60.8 Å². The standard InChI is InChI=1S/C13H26N2O/c1-14-7-4-8-15(10-9-14)11-13(16)12-5-2-3-6-12/h12-13,16H,2-11H2,1H3. The van der Waals surface area contributed by atoms with E-state index in [0.29, 0.717) is 5.92 Å². The fraction of sp³-hybridized carbons (Fsp3) is 1.00. The molecule has 0 radical (unpaired) electrons. The number of β-amino-alcohol motifs (C(OH)–C–C–N with tert-alkyl or cyclic N) is 1. The van der Waals surface area contributed by atoms with Crippen LogP contribution >= 0.6 is 0 Å². The maximum atomic E-state index is 10.2. The van der Waals surface area contributed by atoms with Gasteiger partial charge < -0.3 is 10.0 Å². The van der Waals surface area contributed by atoms with Crippen LogP contribution in [0.25, 0.3) is 0 Å². The summed E-state index contributed by atoms with van der Waals surface area (Å²) in [6.45, 7) is 5.54. The van der Waals surface area contributed by atoms with Gasteiger partial charge in [0.05, 0.1) is 6.10 Å². The minimum absolute atomic E-state index is 0.0779. The molecule has 0 bridgehead atoms. The van der Waals surface area contributed by atoms with Crippen LogP contribution in [0.1, 0.15) is 32.1 Å². The second-order valence-electron chi connectivity index (χ2n) is 5.57. The molecule has 3 nitrogen and oxygen atoms in total. The quantitative estimate of drug-likeness (QED) is 0.783. The summed E-state index contributed by atoms with van der Waals surface area (Å²) < 4.78 is 0. The van der Waals surface area contributed by atoms with Crippen LogP contribution in [0.2, 0.25) is 0 Å². The normalized spacial score (nSPS) is 28.1. The predicted molar refractivity (Wildman–Crippen MR) is 66.5 cm³/mol. The molecule has 0 aromatic heterocycles. The Bertz CT molecular complexity index is 204. The van der Waals surface area contributed by atoms with Gasteiger partial charge in [0.15, 0.2) is 0 Å². The van der Waals surface area contributed by atoms with Gasteiger partial charge in [-0.25, -0.2) is 0 Å². The monoisotopic (exact) mass is 226 g/mol. The van der Waals surface area contributed by atoms with E-state index in [9.17, 15) is 5.11 Å². The summed E-state index contributed by atoms with van der Waals surface area (Å²) in [5.74, 6) is 0.584. The lowest BCUT2D eigenvalue weighted by Gasteiger charge is -2.26. The zero-order valence-corrected chi connectivity index (χ0v) is 10.6. The largest absolute Gasteiger partial charge is 0.392 e. The van der Waals surface area contributed by atoms with E-state index in [-0.39, 0.29) is 6.10 Å². The van der Waals surface area contributed by atoms with Crippen LogP contribution in [0.4, 0.5) is 0 Å². The number of likely N-dealkylation sites (N-methyl/N-ethyl adjacent to an activating group) is 1. The summed E-state index contributed by atoms with van der Waals surface area (Å²) in [5.41, 5.74) is 0. The molecule has 3 heteroatoms. The molecule has 1 N–H and O–H groups in total. The van der Waals surface area contributed by atoms with Gasteiger partial charge in [0, 0.05) is 19.6 Å². The summed E-state index contributed by atoms with van der Waals surface area (Å²) in [4.78, 5) is 4.84. The molecular weight excluding hydrogens is 200 g/mol. The first kappa shape index (κ1) is 12.3. The first-order valence-corrected chi connectivity index (χ1v) is 6.84. The second kappa shape index (κ2) is 5.99. The Labute approximate surface area is 99.4 Å². The lowest BCUT2D eigenvalue weighted by Crippen LogP contribution is -2.38. The molecule has 1 atom stereocenters. The average Bonchev–Trinajstić information content (AvgIpc) is 2.72. The first-order valence-electron chi connectivity index (χ1n) is 6.84. The van der Waals surface area contributed by atoms with Crippen LogP contribution in [0.3, 0.4) is 0 Å². The third-order valence-corrected chi connectivity index (χ3v) is 4.20. The van der Waals surface area contributed by atoms with Crippen LogP contribution in [0.5, 0.6) is 0 Å². The van der Waals surface area contributed by atoms with E-state index in [1.807, 2.05) is 0 Å². The molecule has 0 amide bonds. The van der Waals surface area contributed by atoms with E-state index in [2.05, 4.69) is 16.8 Å². The number of hydrogen-bond acceptors (Lipinski definition) is 3. The van der Waals surface area contributed by atoms with Crippen molar-refractivity contribution in [1.82, 2.24) is 9.80 Å². The molecular formula is C13H26N2O. The van der Waals surface area contributed by atoms with Crippen molar-refractivity contribution in [2.24, 2.45) is 5.92 Å². The molecule has 1 unspecified atom stereocenters. The highest BCUT2D eigenvalue weighted by Crippen LogP contribution is 2.28. The molecule has 94 valence electrons. The van der Waals surface area contributed by atoms with Crippen LogP contribution < -0.4 is 0 Å². The maximum absolute atomic E-state index is 10.2. The summed E-state index contributed by atoms with van der Waals surface area (Å²) in [7, 11) is 2.19. The summed E-state index contributed by atoms with van der Waals surface area (Å²) in [5, 5.41) is 10.2. The summed E-state index contributed by atoms with van der Waals surface area (Å²) in [6.07, 6.45) is 6.30. The Kier molecular flexibility index (Phi) is 4.62. The molecule has 1 saturated heterocycles. The third kappa shape index (κ3) is 3.44. The molecule has 2 aliphatic rings. The van der Waals surface area contributed by atoms with E-state index in [4.69, 9.17) is 0 Å². The zero-order chi connectivity index (χ0) is 11.4. The molecule has 2 fully saturated rings. The molecule has 1 aliphatic carbocycles. The van der Waals surface area contributed by atoms with E-state index in [0.717, 1.165) is 26.2 Å². The zero-order valence-electron chi connectivity index (χ0n) is 10.6. The Hall–Kier alpha value is -0.120. The highest BCUT2D eigenvalue weighted by Gasteiger charge is 2.25. The Morgan fingerprint density at radius 3 is 2.56 bits per heavy atom. The Morgan fingerprint density at radius 2 is 1.81 bits per heavy atom. The number of hydrogen-bond donors (Lipinski definition) is 1. The lowest BCUT2D eigenvalue weighted by atomic mass is 10.0. The number of aliphatic hydroxyl groups excluding tert-OH is 1. The summed E-state index contributed by atoms with van der Waals surface area (Å²) >= 11 is 0. The maximum Gasteiger partial charge on any atom is 0.0695 e. The lowest BCUT2D eigenvalue weighted by molar-refractivity contribution is 0.0672. The SMILES string of the molecule is CN1CCCN(CC(O)C2CCCC2)CC1. The van der Waals surface area contributed by atoms with E-state index >= 15 is 0 Å². The molecule has 1 saturated carbocycles. The number of nitrogens with zero attached hydrogens (tertiary/aromatic N) is 2. The van der Waals surface area contributed by atoms with Crippen molar-refractivity contribution in [2.75, 3.05) is 39.8 Å². The molecule has 0 aromatic rings. The van der Waals surface area contributed by atoms with Gasteiger partial charge in [-0.1, -0.05) is 12.8 Å². The molecule has 1 heterocycles. The average molecular weight is 226 g/mol. The highest BCUT2D eigenvalue weighted by molar-refractivity contribution is 4.78. The second-order valence-corrected chi connectivity index (χ2v) is 5.57. The van der Waals surface area contributed by atoms with E-state index in [1.165, 1.54) is 38.6 Å². The van der Waals surface area contributed by atoms with Crippen molar-refractivity contribution >= 4 is 0 Å². The van der Waals surface area contributed by atoms with E-state index < -0.39 is 0 Å². The molecule has 1 aliphatic heterocycles. The van der Waals surface area contributed by atoms with Gasteiger partial charge in [-0.05, 0) is 45.3 Å². The van der Waals surface area contributed by atoms with Crippen molar-refractivity contribution < 1.29 is 5.11 Å². The topological polar surface area (TPSA) is 26.7 Å². The number of aliphatic hydroxyl groups is 1. The molecule has 0 spiro atoms. The number of rotatable bonds is 3. The van der Waals surface area contributed by atoms with Crippen molar-refractivity contribution in [1.29, 1.82) is 0 Å². The van der Waals surface area contributed by atoms with Crippen molar-refractivity contribution in [3.8, 4) is 0 Å².